The number of ether oxygens (including phenoxy) is 1. The summed E-state index contributed by atoms with van der Waals surface area (Å²) < 4.78 is 27.5. The summed E-state index contributed by atoms with van der Waals surface area (Å²) in [6.45, 7) is 1.92. The SMILES string of the molecule is CCCCCC=CCC=CCC=CCC=CCCCC(=O)O[C@H](COO)COP(=O)(O)OCC[N+](C)(C)C. The molecule has 0 amide bonds. The second kappa shape index (κ2) is 23.3. The number of hydrogen-bond donors (Lipinski definition) is 2. The first-order chi connectivity index (χ1) is 18.1. The molecule has 0 spiro atoms. The smallest absolute Gasteiger partial charge is 0.457 e. The summed E-state index contributed by atoms with van der Waals surface area (Å²) in [5.74, 6) is -0.509. The number of quaternary nitrogens is 1. The van der Waals surface area contributed by atoms with E-state index in [1.54, 1.807) is 0 Å². The quantitative estimate of drug-likeness (QED) is 0.0266. The van der Waals surface area contributed by atoms with Gasteiger partial charge in [0.15, 0.2) is 6.10 Å². The number of phosphoric ester groups is 1. The zero-order valence-corrected chi connectivity index (χ0v) is 24.7. The van der Waals surface area contributed by atoms with Gasteiger partial charge in [-0.3, -0.25) is 19.1 Å². The molecule has 2 atom stereocenters. The Kier molecular flexibility index (Phi) is 22.4. The highest BCUT2D eigenvalue weighted by molar-refractivity contribution is 7.47. The van der Waals surface area contributed by atoms with Gasteiger partial charge in [-0.15, -0.1) is 0 Å². The lowest BCUT2D eigenvalue weighted by atomic mass is 10.2. The van der Waals surface area contributed by atoms with Crippen LogP contribution in [0.5, 0.6) is 0 Å². The summed E-state index contributed by atoms with van der Waals surface area (Å²) in [5, 5.41) is 8.71. The second-order valence-corrected chi connectivity index (χ2v) is 11.5. The number of unbranched alkanes of at least 4 members (excludes halogenated alkanes) is 4. The lowest BCUT2D eigenvalue weighted by molar-refractivity contribution is -0.870. The molecule has 1 unspecified atom stereocenters. The molecular formula is C28H51NO8P+. The molecule has 38 heavy (non-hydrogen) atoms. The summed E-state index contributed by atoms with van der Waals surface area (Å²) in [6.07, 6.45) is 25.3. The molecule has 0 aliphatic heterocycles. The number of rotatable bonds is 24. The molecule has 220 valence electrons. The highest BCUT2D eigenvalue weighted by atomic mass is 31.2. The van der Waals surface area contributed by atoms with Crippen molar-refractivity contribution < 1.29 is 42.7 Å². The Morgan fingerprint density at radius 3 is 1.92 bits per heavy atom. The zero-order valence-electron chi connectivity index (χ0n) is 23.8. The van der Waals surface area contributed by atoms with E-state index < -0.39 is 26.5 Å². The van der Waals surface area contributed by atoms with Crippen LogP contribution >= 0.6 is 7.82 Å². The highest BCUT2D eigenvalue weighted by Crippen LogP contribution is 2.43. The first kappa shape index (κ1) is 36.4. The van der Waals surface area contributed by atoms with Gasteiger partial charge >= 0.3 is 13.8 Å². The van der Waals surface area contributed by atoms with Crippen LogP contribution in [0.25, 0.3) is 0 Å². The van der Waals surface area contributed by atoms with E-state index in [1.807, 2.05) is 27.2 Å². The van der Waals surface area contributed by atoms with Crippen LogP contribution in [0.15, 0.2) is 48.6 Å². The van der Waals surface area contributed by atoms with Gasteiger partial charge < -0.3 is 14.1 Å². The first-order valence-corrected chi connectivity index (χ1v) is 15.1. The predicted molar refractivity (Wildman–Crippen MR) is 151 cm³/mol. The van der Waals surface area contributed by atoms with Crippen molar-refractivity contribution in [1.29, 1.82) is 0 Å². The monoisotopic (exact) mass is 560 g/mol. The Bertz CT molecular complexity index is 758. The van der Waals surface area contributed by atoms with Crippen LogP contribution < -0.4 is 0 Å². The van der Waals surface area contributed by atoms with Crippen LogP contribution in [0.4, 0.5) is 0 Å². The average Bonchev–Trinajstić information content (AvgIpc) is 2.83. The highest BCUT2D eigenvalue weighted by Gasteiger charge is 2.26. The van der Waals surface area contributed by atoms with Crippen LogP contribution in [0.3, 0.4) is 0 Å². The van der Waals surface area contributed by atoms with Gasteiger partial charge in [-0.2, -0.15) is 0 Å². The minimum absolute atomic E-state index is 0.0235. The molecule has 0 radical (unpaired) electrons. The molecule has 2 N–H and O–H groups in total. The summed E-state index contributed by atoms with van der Waals surface area (Å²) >= 11 is 0. The molecule has 0 saturated heterocycles. The third-order valence-electron chi connectivity index (χ3n) is 5.21. The summed E-state index contributed by atoms with van der Waals surface area (Å²) in [7, 11) is 1.45. The molecule has 0 heterocycles. The molecule has 0 aromatic heterocycles. The van der Waals surface area contributed by atoms with Crippen molar-refractivity contribution in [2.75, 3.05) is 47.5 Å². The first-order valence-electron chi connectivity index (χ1n) is 13.6. The fraction of sp³-hybridized carbons (Fsp3) is 0.679. The van der Waals surface area contributed by atoms with Crippen molar-refractivity contribution in [3.8, 4) is 0 Å². The fourth-order valence-electron chi connectivity index (χ4n) is 3.01. The van der Waals surface area contributed by atoms with Gasteiger partial charge in [-0.1, -0.05) is 68.4 Å². The van der Waals surface area contributed by atoms with Crippen LogP contribution in [0.1, 0.15) is 71.1 Å². The standard InChI is InChI=1S/C28H50NO8P/c1-5-6-7-8-9-10-11-12-13-14-15-16-17-18-19-20-21-22-28(30)37-27(25-34-31)26-36-38(32,33)35-24-23-29(2,3)4/h9-10,12-13,15-16,18-19,27H,5-8,11,14,17,20-26H2,1-4H3,(H-,31,32,33)/p+1/t27-/m1/s1. The number of hydrogen-bond acceptors (Lipinski definition) is 7. The van der Waals surface area contributed by atoms with E-state index in [9.17, 15) is 14.3 Å². The minimum atomic E-state index is -4.31. The lowest BCUT2D eigenvalue weighted by Crippen LogP contribution is -2.37. The van der Waals surface area contributed by atoms with Gasteiger partial charge in [0.05, 0.1) is 27.7 Å². The van der Waals surface area contributed by atoms with E-state index in [0.717, 1.165) is 25.7 Å². The number of carbonyl (C=O) groups excluding carboxylic acids is 1. The summed E-state index contributed by atoms with van der Waals surface area (Å²) in [4.78, 5) is 25.9. The molecule has 0 saturated carbocycles. The molecule has 0 aliphatic rings. The maximum absolute atomic E-state index is 12.1. The number of nitrogens with zero attached hydrogens (tertiary/aromatic N) is 1. The van der Waals surface area contributed by atoms with Crippen molar-refractivity contribution in [3.63, 3.8) is 0 Å². The molecule has 0 bridgehead atoms. The van der Waals surface area contributed by atoms with Gasteiger partial charge in [-0.25, -0.2) is 9.45 Å². The van der Waals surface area contributed by atoms with Gasteiger partial charge in [-0.05, 0) is 44.9 Å². The maximum Gasteiger partial charge on any atom is 0.472 e. The zero-order chi connectivity index (χ0) is 28.5. The Balaban J connectivity index is 4.02. The van der Waals surface area contributed by atoms with Gasteiger partial charge in [0.25, 0.3) is 0 Å². The van der Waals surface area contributed by atoms with Crippen molar-refractivity contribution in [3.05, 3.63) is 48.6 Å². The summed E-state index contributed by atoms with van der Waals surface area (Å²) in [6, 6.07) is 0. The number of carbonyl (C=O) groups is 1. The van der Waals surface area contributed by atoms with Gasteiger partial charge in [0.1, 0.15) is 19.8 Å². The Morgan fingerprint density at radius 2 is 1.39 bits per heavy atom. The van der Waals surface area contributed by atoms with Crippen LogP contribution in [-0.2, 0) is 28.0 Å². The van der Waals surface area contributed by atoms with Crippen LogP contribution in [-0.4, -0.2) is 74.2 Å². The van der Waals surface area contributed by atoms with Gasteiger partial charge in [0.2, 0.25) is 0 Å². The molecule has 0 aromatic carbocycles. The molecule has 10 heteroatoms. The molecule has 0 aliphatic carbocycles. The normalized spacial score (nSPS) is 15.2. The Hall–Kier alpha value is -1.58. The molecule has 0 fully saturated rings. The van der Waals surface area contributed by atoms with E-state index in [2.05, 4.69) is 54.3 Å². The molecule has 0 aromatic rings. The molecule has 0 rings (SSSR count). The maximum atomic E-state index is 12.1. The Morgan fingerprint density at radius 1 is 0.842 bits per heavy atom. The van der Waals surface area contributed by atoms with E-state index >= 15 is 0 Å². The summed E-state index contributed by atoms with van der Waals surface area (Å²) in [5.41, 5.74) is 0. The fourth-order valence-corrected chi connectivity index (χ4v) is 3.76. The van der Waals surface area contributed by atoms with E-state index in [-0.39, 0.29) is 19.6 Å². The average molecular weight is 561 g/mol. The van der Waals surface area contributed by atoms with Crippen LogP contribution in [0.2, 0.25) is 0 Å². The van der Waals surface area contributed by atoms with E-state index in [1.165, 1.54) is 25.7 Å². The number of likely N-dealkylation sites (N-methyl/N-ethyl adjacent to an activating group) is 1. The number of phosphoric acid groups is 1. The molecule has 9 nitrogen and oxygen atoms in total. The predicted octanol–water partition coefficient (Wildman–Crippen LogP) is 6.37. The minimum Gasteiger partial charge on any atom is -0.457 e. The van der Waals surface area contributed by atoms with E-state index in [4.69, 9.17) is 19.0 Å². The van der Waals surface area contributed by atoms with E-state index in [0.29, 0.717) is 17.4 Å². The third-order valence-corrected chi connectivity index (χ3v) is 6.19. The number of esters is 1. The lowest BCUT2D eigenvalue weighted by Gasteiger charge is -2.24. The van der Waals surface area contributed by atoms with Gasteiger partial charge in [0, 0.05) is 6.42 Å². The third kappa shape index (κ3) is 26.0. The largest absolute Gasteiger partial charge is 0.472 e. The van der Waals surface area contributed by atoms with Crippen molar-refractivity contribution >= 4 is 13.8 Å². The van der Waals surface area contributed by atoms with Crippen molar-refractivity contribution in [2.45, 2.75) is 77.2 Å². The topological polar surface area (TPSA) is 112 Å². The van der Waals surface area contributed by atoms with Crippen LogP contribution in [0, 0.1) is 0 Å². The second-order valence-electron chi connectivity index (χ2n) is 10.00. The van der Waals surface area contributed by atoms with Crippen molar-refractivity contribution in [1.82, 2.24) is 0 Å². The van der Waals surface area contributed by atoms with Crippen molar-refractivity contribution in [2.24, 2.45) is 0 Å². The number of allylic oxidation sites excluding steroid dienone is 8. The molecular weight excluding hydrogens is 509 g/mol. The Labute approximate surface area is 229 Å².